The molecule has 2 N–H and O–H groups in total. The molecule has 0 radical (unpaired) electrons. The number of likely N-dealkylation sites (N-methyl/N-ethyl adjacent to an activating group) is 1. The van der Waals surface area contributed by atoms with Crippen LogP contribution < -0.4 is 10.6 Å². The molecule has 0 spiro atoms. The minimum Gasteiger partial charge on any atom is -0.375 e. The van der Waals surface area contributed by atoms with Crippen molar-refractivity contribution in [2.75, 3.05) is 20.1 Å². The number of nitrogens with one attached hydrogen (secondary N) is 2. The first-order valence-corrected chi connectivity index (χ1v) is 11.2. The van der Waals surface area contributed by atoms with Gasteiger partial charge in [-0.25, -0.2) is 4.79 Å². The minimum atomic E-state index is -0.613. The van der Waals surface area contributed by atoms with Crippen molar-refractivity contribution in [1.29, 1.82) is 0 Å². The maximum Gasteiger partial charge on any atom is 0.325 e. The lowest BCUT2D eigenvalue weighted by molar-refractivity contribution is -0.136. The van der Waals surface area contributed by atoms with Crippen molar-refractivity contribution in [3.63, 3.8) is 0 Å². The zero-order valence-electron chi connectivity index (χ0n) is 17.4. The largest absolute Gasteiger partial charge is 0.375 e. The van der Waals surface area contributed by atoms with Crippen LogP contribution in [0.5, 0.6) is 0 Å². The molecule has 162 valence electrons. The van der Waals surface area contributed by atoms with Crippen LogP contribution in [0.1, 0.15) is 38.5 Å². The molecule has 4 fully saturated rings. The molecule has 3 aliphatic heterocycles. The topological polar surface area (TPSA) is 91.0 Å². The average Bonchev–Trinajstić information content (AvgIpc) is 2.96. The number of hydrogen-bond donors (Lipinski definition) is 2. The van der Waals surface area contributed by atoms with Gasteiger partial charge in [0.05, 0.1) is 18.2 Å². The quantitative estimate of drug-likeness (QED) is 0.674. The summed E-state index contributed by atoms with van der Waals surface area (Å²) in [5.41, 5.74) is 0.882. The predicted molar refractivity (Wildman–Crippen MR) is 109 cm³/mol. The van der Waals surface area contributed by atoms with E-state index in [0.717, 1.165) is 44.5 Å². The second-order valence-corrected chi connectivity index (χ2v) is 9.17. The number of imide groups is 1. The normalized spacial score (nSPS) is 37.0. The summed E-state index contributed by atoms with van der Waals surface area (Å²) < 4.78 is 6.29. The molecule has 0 aromatic heterocycles. The third-order valence-corrected chi connectivity index (χ3v) is 7.34. The number of carbonyl (C=O) groups is 3. The summed E-state index contributed by atoms with van der Waals surface area (Å²) >= 11 is 0. The molecule has 2 aliphatic carbocycles. The third kappa shape index (κ3) is 3.36. The highest BCUT2D eigenvalue weighted by Gasteiger charge is 2.52. The van der Waals surface area contributed by atoms with Crippen molar-refractivity contribution in [1.82, 2.24) is 20.4 Å². The number of ether oxygens (including phenoxy) is 1. The molecular weight excluding hydrogens is 384 g/mol. The molecule has 0 aromatic rings. The van der Waals surface area contributed by atoms with Crippen molar-refractivity contribution in [3.8, 4) is 0 Å². The minimum absolute atomic E-state index is 0.0576. The number of allylic oxidation sites excluding steroid dienone is 2. The smallest absolute Gasteiger partial charge is 0.325 e. The zero-order valence-corrected chi connectivity index (χ0v) is 17.4. The van der Waals surface area contributed by atoms with Crippen LogP contribution in [0.15, 0.2) is 23.9 Å². The van der Waals surface area contributed by atoms with Gasteiger partial charge in [-0.3, -0.25) is 19.8 Å². The maximum absolute atomic E-state index is 13.1. The Balaban J connectivity index is 1.26. The molecule has 4 amide bonds. The van der Waals surface area contributed by atoms with Gasteiger partial charge >= 0.3 is 6.03 Å². The van der Waals surface area contributed by atoms with E-state index in [1.54, 1.807) is 9.80 Å². The second-order valence-electron chi connectivity index (χ2n) is 9.17. The Labute approximate surface area is 176 Å². The molecule has 8 nitrogen and oxygen atoms in total. The fourth-order valence-electron chi connectivity index (χ4n) is 5.65. The summed E-state index contributed by atoms with van der Waals surface area (Å²) in [6.45, 7) is 2.07. The maximum atomic E-state index is 13.1. The molecule has 0 bridgehead atoms. The fraction of sp³-hybridized carbons (Fsp3) is 0.682. The van der Waals surface area contributed by atoms with E-state index in [4.69, 9.17) is 4.74 Å². The SMILES string of the molecule is CN1C(=O)N(C2CCC(=O)NC2=O)C2=CC=CC([C@H]3C[C@@H](OC4CCNCC4)C3)C21. The van der Waals surface area contributed by atoms with Gasteiger partial charge in [0.1, 0.15) is 6.04 Å². The van der Waals surface area contributed by atoms with Gasteiger partial charge in [0, 0.05) is 25.1 Å². The Kier molecular flexibility index (Phi) is 5.14. The van der Waals surface area contributed by atoms with E-state index in [2.05, 4.69) is 16.7 Å². The molecule has 0 aromatic carbocycles. The first-order valence-electron chi connectivity index (χ1n) is 11.2. The van der Waals surface area contributed by atoms with Crippen LogP contribution in [-0.2, 0) is 14.3 Å². The van der Waals surface area contributed by atoms with Crippen LogP contribution in [-0.4, -0.2) is 72.1 Å². The van der Waals surface area contributed by atoms with Crippen molar-refractivity contribution in [2.45, 2.75) is 62.8 Å². The highest BCUT2D eigenvalue weighted by atomic mass is 16.5. The Morgan fingerprint density at radius 2 is 1.83 bits per heavy atom. The lowest BCUT2D eigenvalue weighted by Gasteiger charge is -2.45. The first-order chi connectivity index (χ1) is 14.5. The summed E-state index contributed by atoms with van der Waals surface area (Å²) in [5, 5.41) is 5.75. The number of piperidine rings is 2. The number of fused-ring (bicyclic) bond motifs is 1. The zero-order chi connectivity index (χ0) is 20.8. The fourth-order valence-corrected chi connectivity index (χ4v) is 5.65. The van der Waals surface area contributed by atoms with Crippen molar-refractivity contribution >= 4 is 17.8 Å². The molecule has 8 heteroatoms. The van der Waals surface area contributed by atoms with Gasteiger partial charge in [0.2, 0.25) is 11.8 Å². The number of rotatable bonds is 4. The molecule has 3 unspecified atom stereocenters. The van der Waals surface area contributed by atoms with Crippen LogP contribution in [0.25, 0.3) is 0 Å². The predicted octanol–water partition coefficient (Wildman–Crippen LogP) is 1.14. The number of nitrogens with zero attached hydrogens (tertiary/aromatic N) is 2. The van der Waals surface area contributed by atoms with E-state index in [-0.39, 0.29) is 36.2 Å². The molecular formula is C22H30N4O4. The molecule has 5 rings (SSSR count). The van der Waals surface area contributed by atoms with Gasteiger partial charge in [-0.1, -0.05) is 12.2 Å². The van der Waals surface area contributed by atoms with Crippen LogP contribution in [0.3, 0.4) is 0 Å². The van der Waals surface area contributed by atoms with Gasteiger partial charge in [-0.05, 0) is 57.2 Å². The van der Waals surface area contributed by atoms with Crippen LogP contribution in [0.2, 0.25) is 0 Å². The van der Waals surface area contributed by atoms with Crippen molar-refractivity contribution in [2.24, 2.45) is 11.8 Å². The highest BCUT2D eigenvalue weighted by Crippen LogP contribution is 2.46. The van der Waals surface area contributed by atoms with Crippen molar-refractivity contribution in [3.05, 3.63) is 23.9 Å². The van der Waals surface area contributed by atoms with Gasteiger partial charge in [-0.15, -0.1) is 0 Å². The monoisotopic (exact) mass is 414 g/mol. The van der Waals surface area contributed by atoms with Crippen molar-refractivity contribution < 1.29 is 19.1 Å². The van der Waals surface area contributed by atoms with E-state index >= 15 is 0 Å². The molecule has 30 heavy (non-hydrogen) atoms. The van der Waals surface area contributed by atoms with E-state index in [9.17, 15) is 14.4 Å². The Hall–Kier alpha value is -2.19. The first kappa shape index (κ1) is 19.8. The van der Waals surface area contributed by atoms with E-state index in [0.29, 0.717) is 24.5 Å². The van der Waals surface area contributed by atoms with Crippen LogP contribution in [0, 0.1) is 11.8 Å². The summed E-state index contributed by atoms with van der Waals surface area (Å²) in [5.74, 6) is 0.0564. The number of carbonyl (C=O) groups excluding carboxylic acids is 3. The van der Waals surface area contributed by atoms with Crippen LogP contribution in [0.4, 0.5) is 4.79 Å². The number of amides is 4. The molecule has 1 saturated carbocycles. The Morgan fingerprint density at radius 3 is 2.57 bits per heavy atom. The standard InChI is InChI=1S/C22H30N4O4/c1-25-20-16(13-11-15(12-13)30-14-7-9-23-10-8-14)3-2-4-17(20)26(22(25)29)18-5-6-19(27)24-21(18)28/h2-4,13-16,18,20,23H,5-12H2,1H3,(H,24,27,28)/t13-,15+,16?,18?,20?. The molecule has 3 saturated heterocycles. The Morgan fingerprint density at radius 1 is 1.07 bits per heavy atom. The molecule has 3 heterocycles. The summed E-state index contributed by atoms with van der Waals surface area (Å²) in [6, 6.07) is -0.826. The summed E-state index contributed by atoms with van der Waals surface area (Å²) in [7, 11) is 1.82. The Bertz CT molecular complexity index is 797. The summed E-state index contributed by atoms with van der Waals surface area (Å²) in [4.78, 5) is 40.4. The van der Waals surface area contributed by atoms with Gasteiger partial charge in [0.25, 0.3) is 0 Å². The van der Waals surface area contributed by atoms with E-state index in [1.165, 1.54) is 0 Å². The van der Waals surface area contributed by atoms with Gasteiger partial charge in [-0.2, -0.15) is 0 Å². The van der Waals surface area contributed by atoms with E-state index < -0.39 is 6.04 Å². The third-order valence-electron chi connectivity index (χ3n) is 7.34. The average molecular weight is 415 g/mol. The lowest BCUT2D eigenvalue weighted by atomic mass is 9.69. The lowest BCUT2D eigenvalue weighted by Crippen LogP contribution is -2.53. The highest BCUT2D eigenvalue weighted by molar-refractivity contribution is 6.02. The number of hydrogen-bond acceptors (Lipinski definition) is 5. The van der Waals surface area contributed by atoms with Gasteiger partial charge in [0.15, 0.2) is 0 Å². The van der Waals surface area contributed by atoms with E-state index in [1.807, 2.05) is 19.2 Å². The van der Waals surface area contributed by atoms with Crippen LogP contribution >= 0.6 is 0 Å². The molecule has 3 atom stereocenters. The molecule has 5 aliphatic rings. The van der Waals surface area contributed by atoms with Gasteiger partial charge < -0.3 is 15.0 Å². The number of urea groups is 1. The summed E-state index contributed by atoms with van der Waals surface area (Å²) in [6.07, 6.45) is 11.7. The second kappa shape index (κ2) is 7.81.